The molecule has 0 bridgehead atoms. The van der Waals surface area contributed by atoms with E-state index in [4.69, 9.17) is 14.3 Å². The van der Waals surface area contributed by atoms with Crippen LogP contribution in [0, 0.1) is 0 Å². The molecule has 1 atom stereocenters. The number of nitrogens with one attached hydrogen (secondary N) is 2. The van der Waals surface area contributed by atoms with Gasteiger partial charge in [0.25, 0.3) is 10.0 Å². The lowest BCUT2D eigenvalue weighted by Crippen LogP contribution is -2.32. The highest BCUT2D eigenvalue weighted by Crippen LogP contribution is 2.14. The van der Waals surface area contributed by atoms with Gasteiger partial charge in [0.2, 0.25) is 5.09 Å². The highest BCUT2D eigenvalue weighted by Gasteiger charge is 2.21. The van der Waals surface area contributed by atoms with Crippen LogP contribution in [0.2, 0.25) is 0 Å². The average molecular weight is 320 g/mol. The van der Waals surface area contributed by atoms with E-state index in [-0.39, 0.29) is 17.7 Å². The zero-order chi connectivity index (χ0) is 15.7. The topological polar surface area (TPSA) is 101 Å². The lowest BCUT2D eigenvalue weighted by Gasteiger charge is -2.11. The molecular formula is C13H24N2O5S. The van der Waals surface area contributed by atoms with E-state index in [1.54, 1.807) is 20.1 Å². The lowest BCUT2D eigenvalue weighted by molar-refractivity contribution is 0.198. The quantitative estimate of drug-likeness (QED) is 0.512. The van der Waals surface area contributed by atoms with Crippen molar-refractivity contribution >= 4 is 10.0 Å². The van der Waals surface area contributed by atoms with Crippen molar-refractivity contribution in [3.8, 4) is 0 Å². The molecule has 1 aromatic rings. The van der Waals surface area contributed by atoms with Crippen molar-refractivity contribution in [2.45, 2.75) is 37.4 Å². The fourth-order valence-corrected chi connectivity index (χ4v) is 2.99. The SMILES string of the molecule is COCCNCc1ccc(S(=O)(=O)NC(C)CCCO)o1. The molecule has 0 aliphatic rings. The van der Waals surface area contributed by atoms with Gasteiger partial charge in [-0.05, 0) is 31.9 Å². The molecule has 21 heavy (non-hydrogen) atoms. The normalized spacial score (nSPS) is 13.5. The van der Waals surface area contributed by atoms with Gasteiger partial charge < -0.3 is 19.6 Å². The van der Waals surface area contributed by atoms with Gasteiger partial charge in [0.15, 0.2) is 0 Å². The lowest BCUT2D eigenvalue weighted by atomic mass is 10.2. The third-order valence-electron chi connectivity index (χ3n) is 2.84. The molecule has 0 aromatic carbocycles. The van der Waals surface area contributed by atoms with Gasteiger partial charge in [-0.1, -0.05) is 0 Å². The summed E-state index contributed by atoms with van der Waals surface area (Å²) in [5.74, 6) is 0.550. The first kappa shape index (κ1) is 18.1. The van der Waals surface area contributed by atoms with Gasteiger partial charge in [-0.2, -0.15) is 0 Å². The fraction of sp³-hybridized carbons (Fsp3) is 0.692. The van der Waals surface area contributed by atoms with E-state index < -0.39 is 10.0 Å². The first-order valence-electron chi connectivity index (χ1n) is 6.91. The van der Waals surface area contributed by atoms with Gasteiger partial charge in [-0.3, -0.25) is 0 Å². The molecule has 1 aromatic heterocycles. The monoisotopic (exact) mass is 320 g/mol. The van der Waals surface area contributed by atoms with Crippen molar-refractivity contribution < 1.29 is 22.7 Å². The summed E-state index contributed by atoms with van der Waals surface area (Å²) in [5, 5.41) is 11.7. The van der Waals surface area contributed by atoms with E-state index in [1.165, 1.54) is 6.07 Å². The van der Waals surface area contributed by atoms with Crippen LogP contribution in [0.1, 0.15) is 25.5 Å². The van der Waals surface area contributed by atoms with Crippen molar-refractivity contribution in [2.24, 2.45) is 0 Å². The second-order valence-corrected chi connectivity index (χ2v) is 6.42. The Morgan fingerprint density at radius 1 is 1.43 bits per heavy atom. The molecule has 8 heteroatoms. The number of ether oxygens (including phenoxy) is 1. The molecule has 0 saturated carbocycles. The second kappa shape index (κ2) is 9.16. The molecule has 1 unspecified atom stereocenters. The summed E-state index contributed by atoms with van der Waals surface area (Å²) in [6.07, 6.45) is 1.12. The summed E-state index contributed by atoms with van der Waals surface area (Å²) in [4.78, 5) is 0. The van der Waals surface area contributed by atoms with Crippen molar-refractivity contribution in [2.75, 3.05) is 26.9 Å². The molecule has 0 radical (unpaired) electrons. The summed E-state index contributed by atoms with van der Waals surface area (Å²) in [6.45, 7) is 3.48. The molecule has 122 valence electrons. The minimum atomic E-state index is -3.66. The van der Waals surface area contributed by atoms with E-state index in [1.807, 2.05) is 0 Å². The Bertz CT molecular complexity index is 500. The smallest absolute Gasteiger partial charge is 0.274 e. The Morgan fingerprint density at radius 3 is 2.86 bits per heavy atom. The van der Waals surface area contributed by atoms with Crippen molar-refractivity contribution in [1.29, 1.82) is 0 Å². The molecule has 0 aliphatic carbocycles. The van der Waals surface area contributed by atoms with E-state index >= 15 is 0 Å². The van der Waals surface area contributed by atoms with Crippen LogP contribution in [0.4, 0.5) is 0 Å². The van der Waals surface area contributed by atoms with Gasteiger partial charge in [-0.15, -0.1) is 0 Å². The fourth-order valence-electron chi connectivity index (χ4n) is 1.76. The molecule has 0 amide bonds. The zero-order valence-electron chi connectivity index (χ0n) is 12.5. The third kappa shape index (κ3) is 6.58. The van der Waals surface area contributed by atoms with Gasteiger partial charge in [0.05, 0.1) is 13.2 Å². The number of sulfonamides is 1. The average Bonchev–Trinajstić information content (AvgIpc) is 2.90. The highest BCUT2D eigenvalue weighted by molar-refractivity contribution is 7.89. The number of aliphatic hydroxyl groups is 1. The Balaban J connectivity index is 2.53. The molecule has 1 rings (SSSR count). The number of furan rings is 1. The summed E-state index contributed by atoms with van der Waals surface area (Å²) in [5.41, 5.74) is 0. The van der Waals surface area contributed by atoms with Crippen molar-refractivity contribution in [3.63, 3.8) is 0 Å². The van der Waals surface area contributed by atoms with E-state index in [0.29, 0.717) is 38.3 Å². The Labute approximate surface area is 125 Å². The Morgan fingerprint density at radius 2 is 2.19 bits per heavy atom. The Hall–Kier alpha value is -0.930. The first-order chi connectivity index (χ1) is 9.99. The minimum absolute atomic E-state index is 0.0457. The van der Waals surface area contributed by atoms with Crippen LogP contribution in [-0.2, 0) is 21.3 Å². The standard InChI is InChI=1S/C13H24N2O5S/c1-11(4-3-8-16)15-21(17,18)13-6-5-12(20-13)10-14-7-9-19-2/h5-6,11,14-16H,3-4,7-10H2,1-2H3. The number of hydrogen-bond donors (Lipinski definition) is 3. The number of aliphatic hydroxyl groups excluding tert-OH is 1. The zero-order valence-corrected chi connectivity index (χ0v) is 13.3. The molecule has 1 heterocycles. The summed E-state index contributed by atoms with van der Waals surface area (Å²) in [7, 11) is -2.04. The van der Waals surface area contributed by atoms with Crippen LogP contribution >= 0.6 is 0 Å². The maximum Gasteiger partial charge on any atom is 0.274 e. The maximum atomic E-state index is 12.1. The number of hydrogen-bond acceptors (Lipinski definition) is 6. The molecule has 7 nitrogen and oxygen atoms in total. The van der Waals surface area contributed by atoms with Gasteiger partial charge in [0, 0.05) is 26.3 Å². The Kier molecular flexibility index (Phi) is 7.91. The van der Waals surface area contributed by atoms with Crippen LogP contribution in [0.25, 0.3) is 0 Å². The van der Waals surface area contributed by atoms with Gasteiger partial charge in [-0.25, -0.2) is 13.1 Å². The first-order valence-corrected chi connectivity index (χ1v) is 8.39. The molecular weight excluding hydrogens is 296 g/mol. The van der Waals surface area contributed by atoms with Crippen LogP contribution < -0.4 is 10.0 Å². The predicted molar refractivity (Wildman–Crippen MR) is 78.4 cm³/mol. The number of methoxy groups -OCH3 is 1. The van der Waals surface area contributed by atoms with E-state index in [9.17, 15) is 8.42 Å². The van der Waals surface area contributed by atoms with Crippen LogP contribution in [-0.4, -0.2) is 46.4 Å². The van der Waals surface area contributed by atoms with E-state index in [2.05, 4.69) is 10.0 Å². The molecule has 0 spiro atoms. The molecule has 0 aliphatic heterocycles. The predicted octanol–water partition coefficient (Wildman–Crippen LogP) is 0.455. The van der Waals surface area contributed by atoms with Gasteiger partial charge in [0.1, 0.15) is 5.76 Å². The highest BCUT2D eigenvalue weighted by atomic mass is 32.2. The van der Waals surface area contributed by atoms with Gasteiger partial charge >= 0.3 is 0 Å². The maximum absolute atomic E-state index is 12.1. The number of rotatable bonds is 11. The largest absolute Gasteiger partial charge is 0.447 e. The second-order valence-electron chi connectivity index (χ2n) is 4.78. The van der Waals surface area contributed by atoms with Crippen LogP contribution in [0.5, 0.6) is 0 Å². The van der Waals surface area contributed by atoms with Crippen LogP contribution in [0.3, 0.4) is 0 Å². The summed E-state index contributed by atoms with van der Waals surface area (Å²) in [6, 6.07) is 2.82. The molecule has 0 saturated heterocycles. The van der Waals surface area contributed by atoms with Crippen molar-refractivity contribution in [1.82, 2.24) is 10.0 Å². The molecule has 0 fully saturated rings. The van der Waals surface area contributed by atoms with Crippen molar-refractivity contribution in [3.05, 3.63) is 17.9 Å². The third-order valence-corrected chi connectivity index (χ3v) is 4.30. The van der Waals surface area contributed by atoms with Crippen LogP contribution in [0.15, 0.2) is 21.6 Å². The molecule has 3 N–H and O–H groups in total. The summed E-state index contributed by atoms with van der Waals surface area (Å²) >= 11 is 0. The summed E-state index contributed by atoms with van der Waals surface area (Å²) < 4.78 is 36.9. The van der Waals surface area contributed by atoms with E-state index in [0.717, 1.165) is 0 Å². The minimum Gasteiger partial charge on any atom is -0.447 e.